The van der Waals surface area contributed by atoms with Gasteiger partial charge in [0, 0.05) is 24.6 Å². The zero-order valence-corrected chi connectivity index (χ0v) is 13.2. The SMILES string of the molecule is CCCN(CC1CCCNC1)C1CCOc2ccccc21. The molecule has 0 saturated carbocycles. The van der Waals surface area contributed by atoms with Gasteiger partial charge in [0.1, 0.15) is 5.75 Å². The molecule has 0 radical (unpaired) electrons. The van der Waals surface area contributed by atoms with Crippen LogP contribution in [0, 0.1) is 5.92 Å². The van der Waals surface area contributed by atoms with Gasteiger partial charge >= 0.3 is 0 Å². The third-order valence-electron chi connectivity index (χ3n) is 4.77. The van der Waals surface area contributed by atoms with Gasteiger partial charge in [-0.15, -0.1) is 0 Å². The van der Waals surface area contributed by atoms with Crippen molar-refractivity contribution in [3.63, 3.8) is 0 Å². The lowest BCUT2D eigenvalue weighted by atomic mass is 9.94. The molecule has 1 aromatic rings. The van der Waals surface area contributed by atoms with E-state index in [4.69, 9.17) is 4.74 Å². The minimum atomic E-state index is 0.539. The van der Waals surface area contributed by atoms with Gasteiger partial charge in [0.15, 0.2) is 0 Å². The molecule has 3 heteroatoms. The number of hydrogen-bond donors (Lipinski definition) is 1. The molecular formula is C18H28N2O. The summed E-state index contributed by atoms with van der Waals surface area (Å²) in [6, 6.07) is 9.13. The summed E-state index contributed by atoms with van der Waals surface area (Å²) in [7, 11) is 0. The van der Waals surface area contributed by atoms with Gasteiger partial charge in [-0.3, -0.25) is 4.90 Å². The molecule has 3 nitrogen and oxygen atoms in total. The average molecular weight is 288 g/mol. The van der Waals surface area contributed by atoms with Crippen LogP contribution in [0.4, 0.5) is 0 Å². The van der Waals surface area contributed by atoms with Crippen LogP contribution in [0.15, 0.2) is 24.3 Å². The van der Waals surface area contributed by atoms with E-state index in [0.29, 0.717) is 6.04 Å². The maximum atomic E-state index is 5.83. The maximum absolute atomic E-state index is 5.83. The molecule has 2 atom stereocenters. The van der Waals surface area contributed by atoms with Crippen molar-refractivity contribution in [3.8, 4) is 5.75 Å². The predicted octanol–water partition coefficient (Wildman–Crippen LogP) is 3.22. The summed E-state index contributed by atoms with van der Waals surface area (Å²) in [6.45, 7) is 7.94. The normalized spacial score (nSPS) is 25.4. The van der Waals surface area contributed by atoms with E-state index in [1.165, 1.54) is 51.0 Å². The number of nitrogens with zero attached hydrogens (tertiary/aromatic N) is 1. The Bertz CT molecular complexity index is 443. The number of benzene rings is 1. The highest BCUT2D eigenvalue weighted by Crippen LogP contribution is 2.36. The Balaban J connectivity index is 1.74. The summed E-state index contributed by atoms with van der Waals surface area (Å²) in [5.74, 6) is 1.90. The summed E-state index contributed by atoms with van der Waals surface area (Å²) in [5, 5.41) is 3.55. The van der Waals surface area contributed by atoms with Crippen LogP contribution in [-0.2, 0) is 0 Å². The molecule has 0 aromatic heterocycles. The number of para-hydroxylation sites is 1. The second-order valence-electron chi connectivity index (χ2n) is 6.40. The summed E-state index contributed by atoms with van der Waals surface area (Å²) in [5.41, 5.74) is 1.39. The molecule has 116 valence electrons. The third kappa shape index (κ3) is 3.58. The molecule has 2 heterocycles. The monoisotopic (exact) mass is 288 g/mol. The molecule has 0 spiro atoms. The molecule has 3 rings (SSSR count). The molecule has 1 aromatic carbocycles. The van der Waals surface area contributed by atoms with E-state index in [2.05, 4.69) is 41.4 Å². The lowest BCUT2D eigenvalue weighted by Gasteiger charge is -2.38. The van der Waals surface area contributed by atoms with Crippen molar-refractivity contribution in [2.24, 2.45) is 5.92 Å². The van der Waals surface area contributed by atoms with E-state index in [9.17, 15) is 0 Å². The second-order valence-corrected chi connectivity index (χ2v) is 6.40. The van der Waals surface area contributed by atoms with Crippen LogP contribution in [0.5, 0.6) is 5.75 Å². The van der Waals surface area contributed by atoms with Crippen LogP contribution in [0.1, 0.15) is 44.2 Å². The van der Waals surface area contributed by atoms with E-state index in [1.54, 1.807) is 0 Å². The maximum Gasteiger partial charge on any atom is 0.124 e. The third-order valence-corrected chi connectivity index (χ3v) is 4.77. The van der Waals surface area contributed by atoms with Gasteiger partial charge in [0.05, 0.1) is 6.61 Å². The van der Waals surface area contributed by atoms with Crippen LogP contribution in [-0.4, -0.2) is 37.7 Å². The number of hydrogen-bond acceptors (Lipinski definition) is 3. The zero-order chi connectivity index (χ0) is 14.5. The van der Waals surface area contributed by atoms with Crippen LogP contribution >= 0.6 is 0 Å². The molecule has 2 unspecified atom stereocenters. The van der Waals surface area contributed by atoms with Crippen molar-refractivity contribution >= 4 is 0 Å². The minimum absolute atomic E-state index is 0.539. The highest BCUT2D eigenvalue weighted by Gasteiger charge is 2.28. The summed E-state index contributed by atoms with van der Waals surface area (Å²) < 4.78 is 5.83. The first-order chi connectivity index (χ1) is 10.4. The van der Waals surface area contributed by atoms with Crippen molar-refractivity contribution in [1.82, 2.24) is 10.2 Å². The van der Waals surface area contributed by atoms with E-state index in [1.807, 2.05) is 0 Å². The van der Waals surface area contributed by atoms with E-state index >= 15 is 0 Å². The van der Waals surface area contributed by atoms with Crippen LogP contribution in [0.25, 0.3) is 0 Å². The van der Waals surface area contributed by atoms with Gasteiger partial charge < -0.3 is 10.1 Å². The average Bonchev–Trinajstić information content (AvgIpc) is 2.55. The van der Waals surface area contributed by atoms with E-state index < -0.39 is 0 Å². The highest BCUT2D eigenvalue weighted by molar-refractivity contribution is 5.37. The number of fused-ring (bicyclic) bond motifs is 1. The lowest BCUT2D eigenvalue weighted by Crippen LogP contribution is -2.41. The van der Waals surface area contributed by atoms with Crippen LogP contribution in [0.2, 0.25) is 0 Å². The first-order valence-corrected chi connectivity index (χ1v) is 8.55. The molecule has 1 N–H and O–H groups in total. The standard InChI is InChI=1S/C18H28N2O/c1-2-11-20(14-15-6-5-10-19-13-15)17-9-12-21-18-8-4-3-7-16(17)18/h3-4,7-8,15,17,19H,2,5-6,9-14H2,1H3. The Morgan fingerprint density at radius 3 is 3.00 bits per heavy atom. The molecule has 0 amide bonds. The molecule has 2 aliphatic rings. The van der Waals surface area contributed by atoms with Crippen molar-refractivity contribution in [2.45, 2.75) is 38.6 Å². The van der Waals surface area contributed by atoms with Crippen molar-refractivity contribution < 1.29 is 4.74 Å². The molecule has 1 saturated heterocycles. The van der Waals surface area contributed by atoms with Crippen LogP contribution in [0.3, 0.4) is 0 Å². The van der Waals surface area contributed by atoms with Crippen molar-refractivity contribution in [3.05, 3.63) is 29.8 Å². The fourth-order valence-corrected chi connectivity index (χ4v) is 3.78. The first-order valence-electron chi connectivity index (χ1n) is 8.55. The van der Waals surface area contributed by atoms with Gasteiger partial charge in [-0.05, 0) is 50.9 Å². The number of piperidine rings is 1. The Morgan fingerprint density at radius 2 is 2.19 bits per heavy atom. The van der Waals surface area contributed by atoms with Gasteiger partial charge in [-0.2, -0.15) is 0 Å². The van der Waals surface area contributed by atoms with Crippen molar-refractivity contribution in [1.29, 1.82) is 0 Å². The molecule has 1 fully saturated rings. The lowest BCUT2D eigenvalue weighted by molar-refractivity contribution is 0.114. The molecule has 2 aliphatic heterocycles. The molecular weight excluding hydrogens is 260 g/mol. The van der Waals surface area contributed by atoms with Crippen LogP contribution < -0.4 is 10.1 Å². The molecule has 0 bridgehead atoms. The Labute approximate surface area is 128 Å². The zero-order valence-electron chi connectivity index (χ0n) is 13.2. The van der Waals surface area contributed by atoms with Gasteiger partial charge in [-0.1, -0.05) is 25.1 Å². The fourth-order valence-electron chi connectivity index (χ4n) is 3.78. The number of rotatable bonds is 5. The molecule has 0 aliphatic carbocycles. The Morgan fingerprint density at radius 1 is 1.29 bits per heavy atom. The smallest absolute Gasteiger partial charge is 0.124 e. The summed E-state index contributed by atoms with van der Waals surface area (Å²) in [4.78, 5) is 2.71. The second kappa shape index (κ2) is 7.28. The number of nitrogens with one attached hydrogen (secondary N) is 1. The summed E-state index contributed by atoms with van der Waals surface area (Å²) in [6.07, 6.45) is 5.05. The topological polar surface area (TPSA) is 24.5 Å². The predicted molar refractivity (Wildman–Crippen MR) is 86.8 cm³/mol. The van der Waals surface area contributed by atoms with E-state index in [-0.39, 0.29) is 0 Å². The Hall–Kier alpha value is -1.06. The van der Waals surface area contributed by atoms with Crippen molar-refractivity contribution in [2.75, 3.05) is 32.8 Å². The van der Waals surface area contributed by atoms with E-state index in [0.717, 1.165) is 24.7 Å². The summed E-state index contributed by atoms with van der Waals surface area (Å²) >= 11 is 0. The molecule has 21 heavy (non-hydrogen) atoms. The largest absolute Gasteiger partial charge is 0.493 e. The number of ether oxygens (including phenoxy) is 1. The first kappa shape index (κ1) is 14.9. The van der Waals surface area contributed by atoms with Gasteiger partial charge in [-0.25, -0.2) is 0 Å². The fraction of sp³-hybridized carbons (Fsp3) is 0.667. The highest BCUT2D eigenvalue weighted by atomic mass is 16.5. The van der Waals surface area contributed by atoms with Gasteiger partial charge in [0.2, 0.25) is 0 Å². The van der Waals surface area contributed by atoms with Gasteiger partial charge in [0.25, 0.3) is 0 Å². The Kier molecular flexibility index (Phi) is 5.15. The minimum Gasteiger partial charge on any atom is -0.493 e. The quantitative estimate of drug-likeness (QED) is 0.900.